The smallest absolute Gasteiger partial charge is 0.318 e. The van der Waals surface area contributed by atoms with Crippen molar-refractivity contribution < 1.29 is 18.3 Å². The maximum Gasteiger partial charge on any atom is 0.318 e. The molecule has 4 aromatic rings. The van der Waals surface area contributed by atoms with Gasteiger partial charge in [0.1, 0.15) is 22.5 Å². The van der Waals surface area contributed by atoms with Gasteiger partial charge in [0.2, 0.25) is 0 Å². The van der Waals surface area contributed by atoms with Gasteiger partial charge in [0.05, 0.1) is 42.3 Å². The Balaban J connectivity index is 1.58. The number of nitrogens with two attached hydrogens (primary N) is 1. The molecule has 0 aliphatic carbocycles. The lowest BCUT2D eigenvalue weighted by atomic mass is 10.0. The van der Waals surface area contributed by atoms with E-state index < -0.39 is 23.2 Å². The number of hydrogen-bond donors (Lipinski definition) is 2. The van der Waals surface area contributed by atoms with Crippen LogP contribution >= 0.6 is 11.3 Å². The summed E-state index contributed by atoms with van der Waals surface area (Å²) in [6.45, 7) is 1.97. The highest BCUT2D eigenvalue weighted by Gasteiger charge is 2.40. The van der Waals surface area contributed by atoms with Crippen LogP contribution in [0.5, 0.6) is 6.01 Å². The molecule has 0 spiro atoms. The number of fused-ring (bicyclic) bond motifs is 4. The SMILES string of the molecule is COc1nc(N2C3CCC2CNC3)c2c(=O)n(C3COC3)c(-c3ccc(F)c4sc(N)nc34)c(F)c2n1. The predicted octanol–water partition coefficient (Wildman–Crippen LogP) is 2.45. The molecule has 37 heavy (non-hydrogen) atoms. The van der Waals surface area contributed by atoms with Crippen LogP contribution in [0.4, 0.5) is 19.7 Å². The number of nitrogens with one attached hydrogen (secondary N) is 1. The summed E-state index contributed by atoms with van der Waals surface area (Å²) in [4.78, 5) is 29.5. The van der Waals surface area contributed by atoms with Crippen molar-refractivity contribution in [2.24, 2.45) is 0 Å². The standard InChI is InChI=1S/C24H23F2N7O3S/c1-35-24-30-18-15(21(31-24)32-10-2-3-11(32)7-28-6-10)22(34)33(12-8-36-9-12)19(16(18)26)13-4-5-14(25)20-17(13)29-23(27)37-20/h4-5,10-12,28H,2-3,6-9H2,1H3,(H2,27,29). The second-order valence-electron chi connectivity index (χ2n) is 9.56. The molecule has 0 saturated carbocycles. The summed E-state index contributed by atoms with van der Waals surface area (Å²) in [5, 5.41) is 3.66. The molecular formula is C24H23F2N7O3S. The van der Waals surface area contributed by atoms with Crippen LogP contribution in [0.1, 0.15) is 18.9 Å². The molecule has 3 aliphatic heterocycles. The summed E-state index contributed by atoms with van der Waals surface area (Å²) in [5.74, 6) is -0.872. The number of thiazole rings is 1. The Morgan fingerprint density at radius 2 is 1.86 bits per heavy atom. The predicted molar refractivity (Wildman–Crippen MR) is 135 cm³/mol. The lowest BCUT2D eigenvalue weighted by Crippen LogP contribution is -2.52. The number of ether oxygens (including phenoxy) is 2. The minimum absolute atomic E-state index is 0.0310. The molecule has 2 unspecified atom stereocenters. The zero-order chi connectivity index (χ0) is 25.4. The van der Waals surface area contributed by atoms with E-state index in [1.165, 1.54) is 23.8 Å². The summed E-state index contributed by atoms with van der Waals surface area (Å²) < 4.78 is 43.6. The van der Waals surface area contributed by atoms with E-state index in [-0.39, 0.29) is 68.8 Å². The summed E-state index contributed by atoms with van der Waals surface area (Å²) >= 11 is 0.969. The van der Waals surface area contributed by atoms with Crippen LogP contribution in [-0.2, 0) is 4.74 Å². The highest BCUT2D eigenvalue weighted by atomic mass is 32.1. The zero-order valence-corrected chi connectivity index (χ0v) is 20.6. The Morgan fingerprint density at radius 3 is 2.54 bits per heavy atom. The number of nitrogen functional groups attached to an aromatic ring is 1. The largest absolute Gasteiger partial charge is 0.467 e. The van der Waals surface area contributed by atoms with E-state index in [1.54, 1.807) is 0 Å². The molecule has 1 aromatic carbocycles. The average molecular weight is 528 g/mol. The van der Waals surface area contributed by atoms with Crippen molar-refractivity contribution in [2.45, 2.75) is 31.0 Å². The molecule has 2 atom stereocenters. The van der Waals surface area contributed by atoms with Gasteiger partial charge in [0.15, 0.2) is 10.9 Å². The topological polar surface area (TPSA) is 120 Å². The Morgan fingerprint density at radius 1 is 1.11 bits per heavy atom. The number of nitrogens with zero attached hydrogens (tertiary/aromatic N) is 5. The van der Waals surface area contributed by atoms with Crippen molar-refractivity contribution in [3.63, 3.8) is 0 Å². The highest BCUT2D eigenvalue weighted by molar-refractivity contribution is 7.22. The first-order valence-corrected chi connectivity index (χ1v) is 12.9. The number of methoxy groups -OCH3 is 1. The Labute approximate surface area is 213 Å². The molecule has 3 N–H and O–H groups in total. The number of anilines is 2. The van der Waals surface area contributed by atoms with Crippen molar-refractivity contribution in [3.05, 3.63) is 34.1 Å². The fraction of sp³-hybridized carbons (Fsp3) is 0.417. The quantitative estimate of drug-likeness (QED) is 0.412. The van der Waals surface area contributed by atoms with Crippen LogP contribution in [0.2, 0.25) is 0 Å². The van der Waals surface area contributed by atoms with Crippen molar-refractivity contribution in [1.82, 2.24) is 24.8 Å². The molecule has 10 nitrogen and oxygen atoms in total. The Kier molecular flexibility index (Phi) is 5.10. The van der Waals surface area contributed by atoms with Crippen LogP contribution in [0.25, 0.3) is 32.4 Å². The average Bonchev–Trinajstić information content (AvgIpc) is 3.37. The van der Waals surface area contributed by atoms with Crippen LogP contribution in [0, 0.1) is 11.6 Å². The molecule has 3 aromatic heterocycles. The molecule has 3 fully saturated rings. The third-order valence-electron chi connectivity index (χ3n) is 7.52. The van der Waals surface area contributed by atoms with Gasteiger partial charge in [-0.2, -0.15) is 9.97 Å². The summed E-state index contributed by atoms with van der Waals surface area (Å²) in [7, 11) is 1.41. The first kappa shape index (κ1) is 22.8. The summed E-state index contributed by atoms with van der Waals surface area (Å²) in [6.07, 6.45) is 1.88. The number of pyridine rings is 1. The van der Waals surface area contributed by atoms with Crippen molar-refractivity contribution in [2.75, 3.05) is 44.0 Å². The van der Waals surface area contributed by atoms with Gasteiger partial charge < -0.3 is 25.4 Å². The molecule has 7 rings (SSSR count). The Hall–Kier alpha value is -3.42. The molecule has 13 heteroatoms. The molecule has 0 amide bonds. The van der Waals surface area contributed by atoms with Crippen molar-refractivity contribution >= 4 is 43.4 Å². The van der Waals surface area contributed by atoms with Crippen LogP contribution in [0.15, 0.2) is 16.9 Å². The number of benzene rings is 1. The molecule has 0 radical (unpaired) electrons. The number of rotatable bonds is 4. The first-order chi connectivity index (χ1) is 18.0. The van der Waals surface area contributed by atoms with Crippen LogP contribution in [0.3, 0.4) is 0 Å². The van der Waals surface area contributed by atoms with Gasteiger partial charge in [-0.3, -0.25) is 9.36 Å². The lowest BCUT2D eigenvalue weighted by molar-refractivity contribution is -0.0241. The number of hydrogen-bond acceptors (Lipinski definition) is 10. The van der Waals surface area contributed by atoms with E-state index in [4.69, 9.17) is 15.2 Å². The molecule has 3 saturated heterocycles. The van der Waals surface area contributed by atoms with E-state index in [9.17, 15) is 9.18 Å². The third-order valence-corrected chi connectivity index (χ3v) is 8.41. The van der Waals surface area contributed by atoms with Gasteiger partial charge in [-0.25, -0.2) is 13.8 Å². The lowest BCUT2D eigenvalue weighted by Gasteiger charge is -2.37. The van der Waals surface area contributed by atoms with Gasteiger partial charge in [-0.1, -0.05) is 11.3 Å². The van der Waals surface area contributed by atoms with E-state index >= 15 is 4.39 Å². The van der Waals surface area contributed by atoms with Gasteiger partial charge in [0.25, 0.3) is 5.56 Å². The van der Waals surface area contributed by atoms with Crippen LogP contribution in [-0.4, -0.2) is 65.0 Å². The van der Waals surface area contributed by atoms with Gasteiger partial charge >= 0.3 is 6.01 Å². The van der Waals surface area contributed by atoms with E-state index in [1.807, 2.05) is 0 Å². The van der Waals surface area contributed by atoms with Gasteiger partial charge in [-0.05, 0) is 25.0 Å². The molecule has 6 heterocycles. The second-order valence-corrected chi connectivity index (χ2v) is 10.6. The fourth-order valence-corrected chi connectivity index (χ4v) is 6.54. The van der Waals surface area contributed by atoms with Crippen LogP contribution < -0.4 is 26.2 Å². The first-order valence-electron chi connectivity index (χ1n) is 12.1. The van der Waals surface area contributed by atoms with Crippen molar-refractivity contribution in [1.29, 1.82) is 0 Å². The minimum atomic E-state index is -0.731. The zero-order valence-electron chi connectivity index (χ0n) is 19.8. The molecule has 192 valence electrons. The monoisotopic (exact) mass is 527 g/mol. The molecule has 3 aliphatic rings. The normalized spacial score (nSPS) is 21.6. The van der Waals surface area contributed by atoms with E-state index in [0.717, 1.165) is 37.3 Å². The molecular weight excluding hydrogens is 504 g/mol. The van der Waals surface area contributed by atoms with Gasteiger partial charge in [0, 0.05) is 30.7 Å². The maximum absolute atomic E-state index is 16.7. The molecule has 2 bridgehead atoms. The van der Waals surface area contributed by atoms with E-state index in [2.05, 4.69) is 25.2 Å². The summed E-state index contributed by atoms with van der Waals surface area (Å²) in [5.41, 5.74) is 5.72. The Bertz CT molecular complexity index is 1620. The van der Waals surface area contributed by atoms with Crippen molar-refractivity contribution in [3.8, 4) is 17.3 Å². The second kappa shape index (κ2) is 8.30. The summed E-state index contributed by atoms with van der Waals surface area (Å²) in [6, 6.07) is 2.46. The number of halogens is 2. The fourth-order valence-electron chi connectivity index (χ4n) is 5.78. The van der Waals surface area contributed by atoms with Gasteiger partial charge in [-0.15, -0.1) is 0 Å². The third kappa shape index (κ3) is 3.27. The van der Waals surface area contributed by atoms with E-state index in [0.29, 0.717) is 5.82 Å². The highest BCUT2D eigenvalue weighted by Crippen LogP contribution is 2.41. The minimum Gasteiger partial charge on any atom is -0.467 e. The number of aromatic nitrogens is 4. The number of piperazine rings is 1. The maximum atomic E-state index is 16.7.